The van der Waals surface area contributed by atoms with Crippen LogP contribution in [0.4, 0.5) is 5.69 Å². The van der Waals surface area contributed by atoms with Gasteiger partial charge in [-0.25, -0.2) is 0 Å². The summed E-state index contributed by atoms with van der Waals surface area (Å²) in [7, 11) is 0. The van der Waals surface area contributed by atoms with Crippen molar-refractivity contribution >= 4 is 11.6 Å². The van der Waals surface area contributed by atoms with Gasteiger partial charge in [-0.05, 0) is 57.4 Å². The van der Waals surface area contributed by atoms with Crippen LogP contribution in [-0.4, -0.2) is 18.5 Å². The maximum absolute atomic E-state index is 12.2. The summed E-state index contributed by atoms with van der Waals surface area (Å²) >= 11 is 0. The summed E-state index contributed by atoms with van der Waals surface area (Å²) in [5.41, 5.74) is 3.76. The zero-order valence-corrected chi connectivity index (χ0v) is 17.9. The maximum Gasteiger partial charge on any atom is 0.242 e. The van der Waals surface area contributed by atoms with Crippen molar-refractivity contribution in [2.45, 2.75) is 60.1 Å². The van der Waals surface area contributed by atoms with Gasteiger partial charge in [0.1, 0.15) is 12.6 Å². The van der Waals surface area contributed by atoms with Crippen LogP contribution < -0.4 is 16.0 Å². The van der Waals surface area contributed by atoms with Crippen molar-refractivity contribution in [1.29, 1.82) is 0 Å². The van der Waals surface area contributed by atoms with E-state index in [0.717, 1.165) is 41.2 Å². The standard InChI is InChI=1S/C23H35N3O2/c1-7-9-17(3)25-20(6)23(27)24-15-18(4)26-22-13-11-21(12-14-22)16-28-19(5)10-8-2/h9-14,20,25-26H,4,7-8,15-16H2,1-3,5-6H3,(H,24,27)/b17-9+,19-10-. The average Bonchev–Trinajstić information content (AvgIpc) is 2.66. The zero-order valence-electron chi connectivity index (χ0n) is 17.9. The lowest BCUT2D eigenvalue weighted by Crippen LogP contribution is -2.42. The molecule has 5 nitrogen and oxygen atoms in total. The lowest BCUT2D eigenvalue weighted by Gasteiger charge is -2.17. The summed E-state index contributed by atoms with van der Waals surface area (Å²) in [6.45, 7) is 14.8. The number of amides is 1. The van der Waals surface area contributed by atoms with Crippen LogP contribution in [0.25, 0.3) is 0 Å². The smallest absolute Gasteiger partial charge is 0.242 e. The van der Waals surface area contributed by atoms with Crippen LogP contribution in [0.2, 0.25) is 0 Å². The molecule has 0 heterocycles. The molecule has 0 bridgehead atoms. The zero-order chi connectivity index (χ0) is 20.9. The van der Waals surface area contributed by atoms with Gasteiger partial charge in [0.2, 0.25) is 5.91 Å². The van der Waals surface area contributed by atoms with Crippen LogP contribution in [0.3, 0.4) is 0 Å². The highest BCUT2D eigenvalue weighted by molar-refractivity contribution is 5.81. The Bertz CT molecular complexity index is 690. The molecule has 0 saturated heterocycles. The van der Waals surface area contributed by atoms with Crippen molar-refractivity contribution in [3.8, 4) is 0 Å². The van der Waals surface area contributed by atoms with E-state index in [9.17, 15) is 4.79 Å². The van der Waals surface area contributed by atoms with Crippen LogP contribution in [-0.2, 0) is 16.1 Å². The van der Waals surface area contributed by atoms with Gasteiger partial charge in [0.25, 0.3) is 0 Å². The number of rotatable bonds is 12. The molecule has 1 atom stereocenters. The summed E-state index contributed by atoms with van der Waals surface area (Å²) < 4.78 is 5.69. The van der Waals surface area contributed by atoms with Crippen molar-refractivity contribution < 1.29 is 9.53 Å². The third kappa shape index (κ3) is 9.31. The van der Waals surface area contributed by atoms with E-state index < -0.39 is 0 Å². The topological polar surface area (TPSA) is 62.4 Å². The Balaban J connectivity index is 2.41. The number of allylic oxidation sites excluding steroid dienone is 4. The first-order valence-electron chi connectivity index (χ1n) is 9.90. The molecule has 1 aromatic carbocycles. The number of anilines is 1. The second-order valence-electron chi connectivity index (χ2n) is 6.82. The molecular weight excluding hydrogens is 350 g/mol. The molecule has 0 aliphatic heterocycles. The lowest BCUT2D eigenvalue weighted by molar-refractivity contribution is -0.122. The molecule has 0 aromatic heterocycles. The average molecular weight is 386 g/mol. The van der Waals surface area contributed by atoms with Crippen LogP contribution in [0, 0.1) is 0 Å². The summed E-state index contributed by atoms with van der Waals surface area (Å²) in [6, 6.07) is 7.70. The van der Waals surface area contributed by atoms with E-state index in [2.05, 4.69) is 48.5 Å². The minimum atomic E-state index is -0.292. The molecule has 3 N–H and O–H groups in total. The van der Waals surface area contributed by atoms with Gasteiger partial charge in [0, 0.05) is 17.1 Å². The fourth-order valence-electron chi connectivity index (χ4n) is 2.60. The Morgan fingerprint density at radius 2 is 1.79 bits per heavy atom. The number of hydrogen-bond acceptors (Lipinski definition) is 4. The van der Waals surface area contributed by atoms with Crippen LogP contribution >= 0.6 is 0 Å². The van der Waals surface area contributed by atoms with E-state index >= 15 is 0 Å². The number of nitrogens with one attached hydrogen (secondary N) is 3. The van der Waals surface area contributed by atoms with Gasteiger partial charge in [0.15, 0.2) is 0 Å². The van der Waals surface area contributed by atoms with Crippen molar-refractivity contribution in [2.75, 3.05) is 11.9 Å². The number of carbonyl (C=O) groups excluding carboxylic acids is 1. The van der Waals surface area contributed by atoms with Gasteiger partial charge in [-0.15, -0.1) is 0 Å². The summed E-state index contributed by atoms with van der Waals surface area (Å²) in [6.07, 6.45) is 6.03. The van der Waals surface area contributed by atoms with Crippen molar-refractivity contribution in [2.24, 2.45) is 0 Å². The molecule has 5 heteroatoms. The van der Waals surface area contributed by atoms with E-state index in [0.29, 0.717) is 13.2 Å². The molecule has 1 unspecified atom stereocenters. The SMILES string of the molecule is C=C(CNC(=O)C(C)N/C(C)=C/CC)Nc1ccc(CO/C(C)=C\CC)cc1. The highest BCUT2D eigenvalue weighted by Crippen LogP contribution is 2.13. The van der Waals surface area contributed by atoms with Gasteiger partial charge < -0.3 is 20.7 Å². The monoisotopic (exact) mass is 385 g/mol. The summed E-state index contributed by atoms with van der Waals surface area (Å²) in [4.78, 5) is 12.2. The first-order chi connectivity index (χ1) is 13.3. The maximum atomic E-state index is 12.2. The predicted molar refractivity (Wildman–Crippen MR) is 118 cm³/mol. The van der Waals surface area contributed by atoms with Crippen molar-refractivity contribution in [3.63, 3.8) is 0 Å². The van der Waals surface area contributed by atoms with Gasteiger partial charge >= 0.3 is 0 Å². The van der Waals surface area contributed by atoms with E-state index in [1.54, 1.807) is 0 Å². The number of benzene rings is 1. The molecule has 0 fully saturated rings. The number of hydrogen-bond donors (Lipinski definition) is 3. The Kier molecular flexibility index (Phi) is 10.6. The molecule has 1 amide bonds. The van der Waals surface area contributed by atoms with E-state index in [4.69, 9.17) is 4.74 Å². The summed E-state index contributed by atoms with van der Waals surface area (Å²) in [5, 5.41) is 9.28. The first-order valence-corrected chi connectivity index (χ1v) is 9.90. The molecular formula is C23H35N3O2. The third-order valence-electron chi connectivity index (χ3n) is 4.06. The molecule has 0 aliphatic carbocycles. The predicted octanol–water partition coefficient (Wildman–Crippen LogP) is 4.85. The Hall–Kier alpha value is -2.69. The number of ether oxygens (including phenoxy) is 1. The number of carbonyl (C=O) groups is 1. The van der Waals surface area contributed by atoms with Crippen LogP contribution in [0.1, 0.15) is 53.0 Å². The van der Waals surface area contributed by atoms with Crippen molar-refractivity contribution in [3.05, 3.63) is 65.7 Å². The fraction of sp³-hybridized carbons (Fsp3) is 0.435. The van der Waals surface area contributed by atoms with E-state index in [-0.39, 0.29) is 11.9 Å². The highest BCUT2D eigenvalue weighted by Gasteiger charge is 2.12. The Labute approximate surface area is 169 Å². The lowest BCUT2D eigenvalue weighted by atomic mass is 10.2. The minimum absolute atomic E-state index is 0.0604. The Morgan fingerprint density at radius 1 is 1.14 bits per heavy atom. The van der Waals surface area contributed by atoms with E-state index in [1.165, 1.54) is 0 Å². The quantitative estimate of drug-likeness (QED) is 0.450. The highest BCUT2D eigenvalue weighted by atomic mass is 16.5. The molecule has 0 aliphatic rings. The first kappa shape index (κ1) is 23.3. The van der Waals surface area contributed by atoms with Crippen molar-refractivity contribution in [1.82, 2.24) is 10.6 Å². The fourth-order valence-corrected chi connectivity index (χ4v) is 2.60. The van der Waals surface area contributed by atoms with Gasteiger partial charge in [-0.3, -0.25) is 4.79 Å². The largest absolute Gasteiger partial charge is 0.494 e. The molecule has 1 rings (SSSR count). The molecule has 0 saturated carbocycles. The second kappa shape index (κ2) is 12.7. The molecule has 0 radical (unpaired) electrons. The molecule has 0 spiro atoms. The van der Waals surface area contributed by atoms with Gasteiger partial charge in [-0.1, -0.05) is 38.6 Å². The van der Waals surface area contributed by atoms with Gasteiger partial charge in [0.05, 0.1) is 12.3 Å². The normalized spacial score (nSPS) is 12.9. The summed E-state index contributed by atoms with van der Waals surface area (Å²) in [5.74, 6) is 0.882. The van der Waals surface area contributed by atoms with Crippen LogP contribution in [0.15, 0.2) is 60.1 Å². The molecule has 1 aromatic rings. The van der Waals surface area contributed by atoms with Gasteiger partial charge in [-0.2, -0.15) is 0 Å². The Morgan fingerprint density at radius 3 is 2.39 bits per heavy atom. The minimum Gasteiger partial charge on any atom is -0.494 e. The second-order valence-corrected chi connectivity index (χ2v) is 6.82. The molecule has 154 valence electrons. The molecule has 28 heavy (non-hydrogen) atoms. The third-order valence-corrected chi connectivity index (χ3v) is 4.06. The van der Waals surface area contributed by atoms with E-state index in [1.807, 2.05) is 45.0 Å². The van der Waals surface area contributed by atoms with Crippen LogP contribution in [0.5, 0.6) is 0 Å².